The van der Waals surface area contributed by atoms with Crippen LogP contribution in [0.1, 0.15) is 6.42 Å². The predicted octanol–water partition coefficient (Wildman–Crippen LogP) is 2.64. The first-order valence-electron chi connectivity index (χ1n) is 5.27. The molecular weight excluding hydrogens is 206 g/mol. The summed E-state index contributed by atoms with van der Waals surface area (Å²) in [6.45, 7) is 2.05. The Labute approximate surface area is 92.9 Å². The van der Waals surface area contributed by atoms with Crippen LogP contribution >= 0.6 is 11.3 Å². The van der Waals surface area contributed by atoms with Crippen molar-refractivity contribution in [3.8, 4) is 5.75 Å². The maximum absolute atomic E-state index is 5.99. The molecule has 1 atom stereocenters. The molecule has 0 amide bonds. The standard InChI is InChI=1S/C12H13NOS/c1-2-9-5-7-15-12(9)11(3-1)14-10-4-6-13-8-10/h1-3,5,7,10,13H,4,6,8H2. The largest absolute Gasteiger partial charge is 0.488 e. The van der Waals surface area contributed by atoms with E-state index in [1.807, 2.05) is 0 Å². The highest BCUT2D eigenvalue weighted by molar-refractivity contribution is 7.17. The van der Waals surface area contributed by atoms with Crippen LogP contribution in [0, 0.1) is 0 Å². The van der Waals surface area contributed by atoms with Gasteiger partial charge in [-0.15, -0.1) is 11.3 Å². The summed E-state index contributed by atoms with van der Waals surface area (Å²) in [5.74, 6) is 1.04. The molecule has 1 N–H and O–H groups in total. The zero-order valence-electron chi connectivity index (χ0n) is 8.40. The molecule has 1 aromatic carbocycles. The van der Waals surface area contributed by atoms with Crippen molar-refractivity contribution in [1.29, 1.82) is 0 Å². The van der Waals surface area contributed by atoms with Gasteiger partial charge in [0.05, 0.1) is 4.70 Å². The second-order valence-corrected chi connectivity index (χ2v) is 4.74. The lowest BCUT2D eigenvalue weighted by Gasteiger charge is -2.12. The number of thiophene rings is 1. The highest BCUT2D eigenvalue weighted by Crippen LogP contribution is 2.31. The summed E-state index contributed by atoms with van der Waals surface area (Å²) in [7, 11) is 0. The van der Waals surface area contributed by atoms with E-state index in [0.717, 1.165) is 25.3 Å². The highest BCUT2D eigenvalue weighted by atomic mass is 32.1. The topological polar surface area (TPSA) is 21.3 Å². The molecule has 0 radical (unpaired) electrons. The first kappa shape index (κ1) is 9.19. The third kappa shape index (κ3) is 1.73. The van der Waals surface area contributed by atoms with E-state index in [0.29, 0.717) is 6.10 Å². The Hall–Kier alpha value is -1.06. The van der Waals surface area contributed by atoms with Crippen molar-refractivity contribution in [3.05, 3.63) is 29.6 Å². The Bertz CT molecular complexity index is 459. The minimum absolute atomic E-state index is 0.345. The molecule has 1 saturated heterocycles. The molecule has 3 rings (SSSR count). The Morgan fingerprint density at radius 3 is 3.20 bits per heavy atom. The average Bonchev–Trinajstić information content (AvgIpc) is 2.87. The first-order valence-corrected chi connectivity index (χ1v) is 6.15. The smallest absolute Gasteiger partial charge is 0.137 e. The fourth-order valence-electron chi connectivity index (χ4n) is 1.97. The van der Waals surface area contributed by atoms with E-state index in [1.54, 1.807) is 11.3 Å². The van der Waals surface area contributed by atoms with Gasteiger partial charge in [0.25, 0.3) is 0 Å². The van der Waals surface area contributed by atoms with Gasteiger partial charge in [0.2, 0.25) is 0 Å². The third-order valence-corrected chi connectivity index (χ3v) is 3.70. The lowest BCUT2D eigenvalue weighted by Crippen LogP contribution is -2.19. The fraction of sp³-hybridized carbons (Fsp3) is 0.333. The summed E-state index contributed by atoms with van der Waals surface area (Å²) in [4.78, 5) is 0. The van der Waals surface area contributed by atoms with Gasteiger partial charge in [0.15, 0.2) is 0 Å². The molecule has 1 unspecified atom stereocenters. The third-order valence-electron chi connectivity index (χ3n) is 2.75. The van der Waals surface area contributed by atoms with E-state index in [2.05, 4.69) is 35.0 Å². The number of fused-ring (bicyclic) bond motifs is 1. The van der Waals surface area contributed by atoms with Crippen molar-refractivity contribution in [2.45, 2.75) is 12.5 Å². The van der Waals surface area contributed by atoms with Gasteiger partial charge in [-0.3, -0.25) is 0 Å². The minimum atomic E-state index is 0.345. The van der Waals surface area contributed by atoms with Gasteiger partial charge in [-0.05, 0) is 35.9 Å². The second-order valence-electron chi connectivity index (χ2n) is 3.83. The van der Waals surface area contributed by atoms with E-state index in [-0.39, 0.29) is 0 Å². The van der Waals surface area contributed by atoms with Gasteiger partial charge >= 0.3 is 0 Å². The van der Waals surface area contributed by atoms with Crippen molar-refractivity contribution < 1.29 is 4.74 Å². The van der Waals surface area contributed by atoms with Gasteiger partial charge in [-0.25, -0.2) is 0 Å². The molecule has 1 aromatic heterocycles. The van der Waals surface area contributed by atoms with Crippen molar-refractivity contribution in [1.82, 2.24) is 5.32 Å². The lowest BCUT2D eigenvalue weighted by atomic mass is 10.2. The fourth-order valence-corrected chi connectivity index (χ4v) is 2.82. The predicted molar refractivity (Wildman–Crippen MR) is 63.7 cm³/mol. The van der Waals surface area contributed by atoms with E-state index in [4.69, 9.17) is 4.74 Å². The van der Waals surface area contributed by atoms with Crippen LogP contribution in [0.4, 0.5) is 0 Å². The number of hydrogen-bond acceptors (Lipinski definition) is 3. The van der Waals surface area contributed by atoms with Crippen LogP contribution in [0.5, 0.6) is 5.75 Å². The van der Waals surface area contributed by atoms with Gasteiger partial charge in [-0.2, -0.15) is 0 Å². The van der Waals surface area contributed by atoms with Crippen LogP contribution in [0.25, 0.3) is 10.1 Å². The van der Waals surface area contributed by atoms with Crippen LogP contribution in [-0.4, -0.2) is 19.2 Å². The zero-order valence-corrected chi connectivity index (χ0v) is 9.22. The summed E-state index contributed by atoms with van der Waals surface area (Å²) in [5, 5.41) is 6.71. The number of nitrogens with one attached hydrogen (secondary N) is 1. The van der Waals surface area contributed by atoms with Gasteiger partial charge in [0.1, 0.15) is 11.9 Å². The molecule has 1 aliphatic heterocycles. The van der Waals surface area contributed by atoms with Gasteiger partial charge in [-0.1, -0.05) is 12.1 Å². The molecule has 15 heavy (non-hydrogen) atoms. The van der Waals surface area contributed by atoms with Crippen LogP contribution in [0.2, 0.25) is 0 Å². The number of hydrogen-bond donors (Lipinski definition) is 1. The molecule has 0 saturated carbocycles. The molecule has 1 fully saturated rings. The van der Waals surface area contributed by atoms with Crippen molar-refractivity contribution >= 4 is 21.4 Å². The maximum atomic E-state index is 5.99. The molecule has 0 aliphatic carbocycles. The van der Waals surface area contributed by atoms with E-state index in [9.17, 15) is 0 Å². The first-order chi connectivity index (χ1) is 7.43. The summed E-state index contributed by atoms with van der Waals surface area (Å²) in [6, 6.07) is 8.40. The normalized spacial score (nSPS) is 20.9. The molecule has 2 nitrogen and oxygen atoms in total. The van der Waals surface area contributed by atoms with Crippen molar-refractivity contribution in [3.63, 3.8) is 0 Å². The quantitative estimate of drug-likeness (QED) is 0.838. The molecule has 1 aliphatic rings. The van der Waals surface area contributed by atoms with Crippen LogP contribution < -0.4 is 10.1 Å². The zero-order chi connectivity index (χ0) is 10.1. The lowest BCUT2D eigenvalue weighted by molar-refractivity contribution is 0.226. The highest BCUT2D eigenvalue weighted by Gasteiger charge is 2.16. The maximum Gasteiger partial charge on any atom is 0.137 e. The Kier molecular flexibility index (Phi) is 2.35. The molecular formula is C12H13NOS. The summed E-state index contributed by atoms with van der Waals surface area (Å²) in [6.07, 6.45) is 1.46. The molecule has 2 heterocycles. The van der Waals surface area contributed by atoms with Gasteiger partial charge in [0, 0.05) is 6.54 Å². The van der Waals surface area contributed by atoms with Gasteiger partial charge < -0.3 is 10.1 Å². The Morgan fingerprint density at radius 2 is 2.33 bits per heavy atom. The van der Waals surface area contributed by atoms with Crippen LogP contribution in [-0.2, 0) is 0 Å². The average molecular weight is 219 g/mol. The summed E-state index contributed by atoms with van der Waals surface area (Å²) >= 11 is 1.75. The van der Waals surface area contributed by atoms with Crippen molar-refractivity contribution in [2.24, 2.45) is 0 Å². The molecule has 0 bridgehead atoms. The van der Waals surface area contributed by atoms with E-state index < -0.39 is 0 Å². The number of ether oxygens (including phenoxy) is 1. The van der Waals surface area contributed by atoms with E-state index >= 15 is 0 Å². The SMILES string of the molecule is c1cc(OC2CCNC2)c2sccc2c1. The molecule has 2 aromatic rings. The minimum Gasteiger partial charge on any atom is -0.488 e. The summed E-state index contributed by atoms with van der Waals surface area (Å²) < 4.78 is 7.26. The van der Waals surface area contributed by atoms with E-state index in [1.165, 1.54) is 10.1 Å². The molecule has 78 valence electrons. The number of benzene rings is 1. The molecule has 3 heteroatoms. The van der Waals surface area contributed by atoms with Crippen LogP contribution in [0.15, 0.2) is 29.6 Å². The monoisotopic (exact) mass is 219 g/mol. The Balaban J connectivity index is 1.92. The second kappa shape index (κ2) is 3.83. The number of rotatable bonds is 2. The summed E-state index contributed by atoms with van der Waals surface area (Å²) in [5.41, 5.74) is 0. The van der Waals surface area contributed by atoms with Crippen LogP contribution in [0.3, 0.4) is 0 Å². The molecule has 0 spiro atoms. The Morgan fingerprint density at radius 1 is 1.33 bits per heavy atom. The van der Waals surface area contributed by atoms with Crippen molar-refractivity contribution in [2.75, 3.05) is 13.1 Å².